The normalized spacial score (nSPS) is 14.3. The highest BCUT2D eigenvalue weighted by molar-refractivity contribution is 5.96. The lowest BCUT2D eigenvalue weighted by molar-refractivity contribution is -0.124. The number of aryl methyl sites for hydroxylation is 2. The molecule has 1 unspecified atom stereocenters. The molecule has 178 valence electrons. The summed E-state index contributed by atoms with van der Waals surface area (Å²) in [6, 6.07) is 12.0. The van der Waals surface area contributed by atoms with Gasteiger partial charge < -0.3 is 14.1 Å². The van der Waals surface area contributed by atoms with Crippen LogP contribution in [0.1, 0.15) is 43.9 Å². The molecule has 1 amide bonds. The van der Waals surface area contributed by atoms with Crippen LogP contribution in [-0.2, 0) is 11.2 Å². The number of aromatic nitrogens is 3. The Kier molecular flexibility index (Phi) is 7.72. The van der Waals surface area contributed by atoms with E-state index in [-0.39, 0.29) is 17.7 Å². The molecule has 1 fully saturated rings. The van der Waals surface area contributed by atoms with Gasteiger partial charge in [0.15, 0.2) is 0 Å². The zero-order chi connectivity index (χ0) is 23.9. The van der Waals surface area contributed by atoms with Gasteiger partial charge in [-0.3, -0.25) is 4.79 Å². The lowest BCUT2D eigenvalue weighted by Crippen LogP contribution is -2.41. The van der Waals surface area contributed by atoms with Crippen LogP contribution < -0.4 is 9.64 Å². The third-order valence-corrected chi connectivity index (χ3v) is 6.44. The number of rotatable bonds is 11. The van der Waals surface area contributed by atoms with Crippen LogP contribution in [0.25, 0.3) is 11.1 Å². The van der Waals surface area contributed by atoms with Crippen LogP contribution in [-0.4, -0.2) is 34.7 Å². The topological polar surface area (TPSA) is 81.4 Å². The number of ether oxygens (including phenoxy) is 1. The summed E-state index contributed by atoms with van der Waals surface area (Å²) in [7, 11) is 1.61. The molecule has 0 saturated heterocycles. The van der Waals surface area contributed by atoms with Crippen LogP contribution in [0.15, 0.2) is 59.7 Å². The molecule has 3 aromatic rings. The van der Waals surface area contributed by atoms with E-state index < -0.39 is 0 Å². The van der Waals surface area contributed by atoms with Crippen molar-refractivity contribution in [3.63, 3.8) is 0 Å². The van der Waals surface area contributed by atoms with Gasteiger partial charge in [-0.05, 0) is 60.9 Å². The Morgan fingerprint density at radius 2 is 2.09 bits per heavy atom. The average Bonchev–Trinajstić information content (AvgIpc) is 3.25. The van der Waals surface area contributed by atoms with E-state index in [9.17, 15) is 4.79 Å². The van der Waals surface area contributed by atoms with E-state index in [2.05, 4.69) is 27.8 Å². The molecular weight excluding hydrogens is 428 g/mol. The fourth-order valence-electron chi connectivity index (χ4n) is 4.22. The van der Waals surface area contributed by atoms with Crippen molar-refractivity contribution >= 4 is 11.6 Å². The summed E-state index contributed by atoms with van der Waals surface area (Å²) < 4.78 is 10.8. The Hall–Kier alpha value is -3.48. The van der Waals surface area contributed by atoms with Gasteiger partial charge in [0, 0.05) is 43.8 Å². The number of methoxy groups -OCH3 is 1. The average molecular weight is 461 g/mol. The van der Waals surface area contributed by atoms with Crippen molar-refractivity contribution in [2.24, 2.45) is 11.8 Å². The standard InChI is InChI=1S/C27H32N4O3/c1-4-20(8-5-13-25-30-29-19(2)34-25)18-31(27(32)21-9-6-10-21)24-12-7-11-22(16-24)23-14-15-28-26(17-23)33-3/h4,7,11-12,14-17,20-21H,1,5-6,8-10,13,18H2,2-3H3. The molecule has 4 rings (SSSR count). The minimum atomic E-state index is 0.108. The summed E-state index contributed by atoms with van der Waals surface area (Å²) >= 11 is 0. The minimum absolute atomic E-state index is 0.108. The largest absolute Gasteiger partial charge is 0.481 e. The minimum Gasteiger partial charge on any atom is -0.481 e. The molecule has 34 heavy (non-hydrogen) atoms. The van der Waals surface area contributed by atoms with Crippen molar-refractivity contribution in [1.82, 2.24) is 15.2 Å². The molecule has 2 heterocycles. The van der Waals surface area contributed by atoms with E-state index >= 15 is 0 Å². The first kappa shape index (κ1) is 23.7. The molecule has 1 saturated carbocycles. The third-order valence-electron chi connectivity index (χ3n) is 6.44. The predicted molar refractivity (Wildman–Crippen MR) is 132 cm³/mol. The highest BCUT2D eigenvalue weighted by Gasteiger charge is 2.31. The number of carbonyl (C=O) groups excluding carboxylic acids is 1. The molecule has 7 heteroatoms. The monoisotopic (exact) mass is 460 g/mol. The van der Waals surface area contributed by atoms with E-state index in [1.807, 2.05) is 41.3 Å². The predicted octanol–water partition coefficient (Wildman–Crippen LogP) is 5.41. The lowest BCUT2D eigenvalue weighted by atomic mass is 9.84. The van der Waals surface area contributed by atoms with Crippen LogP contribution in [0, 0.1) is 18.8 Å². The molecule has 0 bridgehead atoms. The van der Waals surface area contributed by atoms with E-state index in [4.69, 9.17) is 9.15 Å². The second-order valence-corrected chi connectivity index (χ2v) is 8.82. The first-order chi connectivity index (χ1) is 16.6. The highest BCUT2D eigenvalue weighted by Crippen LogP contribution is 2.33. The molecule has 0 spiro atoms. The summed E-state index contributed by atoms with van der Waals surface area (Å²) in [5.41, 5.74) is 2.93. The van der Waals surface area contributed by atoms with Crippen molar-refractivity contribution in [1.29, 1.82) is 0 Å². The van der Waals surface area contributed by atoms with Crippen LogP contribution in [0.3, 0.4) is 0 Å². The number of benzene rings is 1. The number of carbonyl (C=O) groups is 1. The number of hydrogen-bond acceptors (Lipinski definition) is 6. The quantitative estimate of drug-likeness (QED) is 0.356. The van der Waals surface area contributed by atoms with Crippen LogP contribution >= 0.6 is 0 Å². The van der Waals surface area contributed by atoms with Crippen LogP contribution in [0.2, 0.25) is 0 Å². The fraction of sp³-hybridized carbons (Fsp3) is 0.407. The van der Waals surface area contributed by atoms with Gasteiger partial charge in [-0.25, -0.2) is 4.98 Å². The third kappa shape index (κ3) is 5.71. The zero-order valence-corrected chi connectivity index (χ0v) is 19.9. The van der Waals surface area contributed by atoms with E-state index in [1.165, 1.54) is 0 Å². The maximum absolute atomic E-state index is 13.5. The number of anilines is 1. The van der Waals surface area contributed by atoms with Crippen molar-refractivity contribution in [3.8, 4) is 17.0 Å². The van der Waals surface area contributed by atoms with Crippen LogP contribution in [0.5, 0.6) is 5.88 Å². The van der Waals surface area contributed by atoms with Gasteiger partial charge in [-0.15, -0.1) is 16.8 Å². The summed E-state index contributed by atoms with van der Waals surface area (Å²) in [5, 5.41) is 7.97. The van der Waals surface area contributed by atoms with Crippen molar-refractivity contribution < 1.29 is 13.9 Å². The highest BCUT2D eigenvalue weighted by atomic mass is 16.5. The van der Waals surface area contributed by atoms with Gasteiger partial charge in [-0.2, -0.15) is 0 Å². The van der Waals surface area contributed by atoms with Gasteiger partial charge in [0.25, 0.3) is 0 Å². The first-order valence-electron chi connectivity index (χ1n) is 11.9. The summed E-state index contributed by atoms with van der Waals surface area (Å²) in [6.07, 6.45) is 9.24. The number of amides is 1. The second kappa shape index (κ2) is 11.1. The van der Waals surface area contributed by atoms with Gasteiger partial charge in [0.05, 0.1) is 7.11 Å². The second-order valence-electron chi connectivity index (χ2n) is 8.82. The lowest BCUT2D eigenvalue weighted by Gasteiger charge is -2.33. The molecule has 1 aromatic carbocycles. The Balaban J connectivity index is 1.52. The smallest absolute Gasteiger partial charge is 0.230 e. The Labute approximate surface area is 200 Å². The zero-order valence-electron chi connectivity index (χ0n) is 19.9. The molecule has 0 radical (unpaired) electrons. The molecule has 0 aliphatic heterocycles. The molecule has 1 atom stereocenters. The number of nitrogens with zero attached hydrogens (tertiary/aromatic N) is 4. The summed E-state index contributed by atoms with van der Waals surface area (Å²) in [6.45, 7) is 6.45. The van der Waals surface area contributed by atoms with Crippen molar-refractivity contribution in [2.45, 2.75) is 45.4 Å². The van der Waals surface area contributed by atoms with E-state index in [0.29, 0.717) is 24.2 Å². The van der Waals surface area contributed by atoms with E-state index in [1.54, 1.807) is 20.2 Å². The first-order valence-corrected chi connectivity index (χ1v) is 11.9. The van der Waals surface area contributed by atoms with E-state index in [0.717, 1.165) is 55.3 Å². The summed E-state index contributed by atoms with van der Waals surface area (Å²) in [5.74, 6) is 2.28. The maximum atomic E-state index is 13.5. The van der Waals surface area contributed by atoms with Gasteiger partial charge in [0.2, 0.25) is 23.6 Å². The van der Waals surface area contributed by atoms with Crippen LogP contribution in [0.4, 0.5) is 5.69 Å². The molecular formula is C27H32N4O3. The van der Waals surface area contributed by atoms with Gasteiger partial charge in [-0.1, -0.05) is 24.6 Å². The van der Waals surface area contributed by atoms with Gasteiger partial charge >= 0.3 is 0 Å². The Bertz CT molecular complexity index is 1120. The fourth-order valence-corrected chi connectivity index (χ4v) is 4.22. The van der Waals surface area contributed by atoms with Crippen molar-refractivity contribution in [3.05, 3.63) is 67.0 Å². The molecule has 2 aromatic heterocycles. The van der Waals surface area contributed by atoms with Gasteiger partial charge in [0.1, 0.15) is 0 Å². The SMILES string of the molecule is C=CC(CCCc1nnc(C)o1)CN(C(=O)C1CCC1)c1cccc(-c2ccnc(OC)c2)c1. The van der Waals surface area contributed by atoms with Crippen molar-refractivity contribution in [2.75, 3.05) is 18.6 Å². The maximum Gasteiger partial charge on any atom is 0.230 e. The number of hydrogen-bond donors (Lipinski definition) is 0. The molecule has 7 nitrogen and oxygen atoms in total. The Morgan fingerprint density at radius 3 is 2.76 bits per heavy atom. The summed E-state index contributed by atoms with van der Waals surface area (Å²) in [4.78, 5) is 19.6. The molecule has 1 aliphatic carbocycles. The Morgan fingerprint density at radius 1 is 1.26 bits per heavy atom. The number of pyridine rings is 1. The molecule has 0 N–H and O–H groups in total. The molecule has 1 aliphatic rings.